The number of hydrogen-bond donors (Lipinski definition) is 2. The molecule has 0 saturated carbocycles. The average molecular weight is 402 g/mol. The lowest BCUT2D eigenvalue weighted by molar-refractivity contribution is -0.150. The highest BCUT2D eigenvalue weighted by atomic mass is 16.5. The number of hydrogen-bond acceptors (Lipinski definition) is 5. The van der Waals surface area contributed by atoms with Crippen LogP contribution < -0.4 is 10.6 Å². The fourth-order valence-corrected chi connectivity index (χ4v) is 2.72. The fourth-order valence-electron chi connectivity index (χ4n) is 2.72. The first-order valence-corrected chi connectivity index (χ1v) is 9.71. The number of urea groups is 1. The van der Waals surface area contributed by atoms with Crippen molar-refractivity contribution in [2.75, 3.05) is 0 Å². The molecule has 2 N–H and O–H groups in total. The molecule has 29 heavy (non-hydrogen) atoms. The van der Waals surface area contributed by atoms with E-state index in [9.17, 15) is 19.6 Å². The van der Waals surface area contributed by atoms with Crippen LogP contribution in [-0.4, -0.2) is 34.6 Å². The Labute approximate surface area is 171 Å². The largest absolute Gasteiger partial charge is 0.448 e. The van der Waals surface area contributed by atoms with E-state index in [4.69, 9.17) is 4.74 Å². The molecule has 0 saturated heterocycles. The van der Waals surface area contributed by atoms with Gasteiger partial charge >= 0.3 is 12.0 Å². The molecule has 8 heteroatoms. The Kier molecular flexibility index (Phi) is 9.13. The maximum atomic E-state index is 12.3. The Morgan fingerprint density at radius 1 is 1.28 bits per heavy atom. The molecule has 1 atom stereocenters. The topological polar surface area (TPSA) is 113 Å². The highest BCUT2D eigenvalue weighted by Gasteiger charge is 2.22. The summed E-state index contributed by atoms with van der Waals surface area (Å²) >= 11 is 0. The van der Waals surface area contributed by atoms with E-state index in [-0.39, 0.29) is 11.6 Å². The standard InChI is InChI=1S/C21H30N4O4/c1-7-8-9-25-14(4)10-17(15(25)5)11-18(12-22)20(27)29-16(6)19(26)24-21(28)23-13(2)3/h10-11,13,16H,7-9H2,1-6H3,(H2,23,24,26,28)/b18-11+/t16-/m0/s1. The van der Waals surface area contributed by atoms with Crippen LogP contribution in [0.4, 0.5) is 4.79 Å². The van der Waals surface area contributed by atoms with Gasteiger partial charge in [-0.25, -0.2) is 9.59 Å². The van der Waals surface area contributed by atoms with Gasteiger partial charge in [-0.3, -0.25) is 10.1 Å². The molecule has 0 bridgehead atoms. The molecule has 0 spiro atoms. The normalized spacial score (nSPS) is 12.3. The molecule has 3 amide bonds. The van der Waals surface area contributed by atoms with E-state index in [1.165, 1.54) is 13.0 Å². The number of nitrogens with zero attached hydrogens (tertiary/aromatic N) is 2. The number of carbonyl (C=O) groups is 3. The van der Waals surface area contributed by atoms with Crippen LogP contribution in [0.1, 0.15) is 57.5 Å². The summed E-state index contributed by atoms with van der Waals surface area (Å²) in [5.41, 5.74) is 2.52. The average Bonchev–Trinajstić information content (AvgIpc) is 2.89. The minimum Gasteiger partial charge on any atom is -0.448 e. The second kappa shape index (κ2) is 11.1. The summed E-state index contributed by atoms with van der Waals surface area (Å²) in [4.78, 5) is 35.9. The van der Waals surface area contributed by atoms with E-state index < -0.39 is 24.0 Å². The predicted molar refractivity (Wildman–Crippen MR) is 110 cm³/mol. The number of carbonyl (C=O) groups excluding carboxylic acids is 3. The van der Waals surface area contributed by atoms with Gasteiger partial charge in [0.05, 0.1) is 0 Å². The number of nitriles is 1. The van der Waals surface area contributed by atoms with Gasteiger partial charge in [0.25, 0.3) is 5.91 Å². The number of unbranched alkanes of at least 4 members (excludes halogenated alkanes) is 1. The van der Waals surface area contributed by atoms with Crippen molar-refractivity contribution in [1.82, 2.24) is 15.2 Å². The van der Waals surface area contributed by atoms with Gasteiger partial charge in [-0.2, -0.15) is 5.26 Å². The molecule has 158 valence electrons. The molecular formula is C21H30N4O4. The summed E-state index contributed by atoms with van der Waals surface area (Å²) in [7, 11) is 0. The first-order chi connectivity index (χ1) is 13.6. The van der Waals surface area contributed by atoms with Gasteiger partial charge < -0.3 is 14.6 Å². The van der Waals surface area contributed by atoms with Crippen molar-refractivity contribution < 1.29 is 19.1 Å². The van der Waals surface area contributed by atoms with E-state index in [0.29, 0.717) is 0 Å². The summed E-state index contributed by atoms with van der Waals surface area (Å²) in [5.74, 6) is -1.69. The van der Waals surface area contributed by atoms with E-state index in [2.05, 4.69) is 22.1 Å². The summed E-state index contributed by atoms with van der Waals surface area (Å²) in [6.07, 6.45) is 2.33. The fraction of sp³-hybridized carbons (Fsp3) is 0.524. The Morgan fingerprint density at radius 2 is 1.93 bits per heavy atom. The third-order valence-corrected chi connectivity index (χ3v) is 4.30. The van der Waals surface area contributed by atoms with Gasteiger partial charge in [0, 0.05) is 24.0 Å². The third-order valence-electron chi connectivity index (χ3n) is 4.30. The zero-order chi connectivity index (χ0) is 22.1. The van der Waals surface area contributed by atoms with Crippen molar-refractivity contribution in [2.45, 2.75) is 73.1 Å². The van der Waals surface area contributed by atoms with Crippen molar-refractivity contribution >= 4 is 24.0 Å². The predicted octanol–water partition coefficient (Wildman–Crippen LogP) is 2.98. The second-order valence-electron chi connectivity index (χ2n) is 7.17. The summed E-state index contributed by atoms with van der Waals surface area (Å²) < 4.78 is 7.19. The number of ether oxygens (including phenoxy) is 1. The van der Waals surface area contributed by atoms with Gasteiger partial charge in [0.15, 0.2) is 6.10 Å². The van der Waals surface area contributed by atoms with Crippen LogP contribution in [0, 0.1) is 25.2 Å². The van der Waals surface area contributed by atoms with Crippen LogP contribution in [0.25, 0.3) is 6.08 Å². The van der Waals surface area contributed by atoms with Crippen LogP contribution in [-0.2, 0) is 20.9 Å². The molecule has 0 radical (unpaired) electrons. The number of nitrogens with one attached hydrogen (secondary N) is 2. The lowest BCUT2D eigenvalue weighted by Crippen LogP contribution is -2.46. The molecule has 1 rings (SSSR count). The van der Waals surface area contributed by atoms with Crippen LogP contribution in [0.3, 0.4) is 0 Å². The van der Waals surface area contributed by atoms with E-state index >= 15 is 0 Å². The van der Waals surface area contributed by atoms with Crippen molar-refractivity contribution in [2.24, 2.45) is 0 Å². The number of aryl methyl sites for hydroxylation is 1. The summed E-state index contributed by atoms with van der Waals surface area (Å²) in [6.45, 7) is 11.7. The number of aromatic nitrogens is 1. The monoisotopic (exact) mass is 402 g/mol. The Morgan fingerprint density at radius 3 is 2.48 bits per heavy atom. The van der Waals surface area contributed by atoms with Crippen molar-refractivity contribution in [3.63, 3.8) is 0 Å². The highest BCUT2D eigenvalue weighted by molar-refractivity contribution is 6.01. The van der Waals surface area contributed by atoms with E-state index in [1.807, 2.05) is 26.0 Å². The highest BCUT2D eigenvalue weighted by Crippen LogP contribution is 2.19. The maximum Gasteiger partial charge on any atom is 0.349 e. The molecular weight excluding hydrogens is 372 g/mol. The SMILES string of the molecule is CCCCn1c(C)cc(/C=C(\C#N)C(=O)O[C@@H](C)C(=O)NC(=O)NC(C)C)c1C. The number of esters is 1. The van der Waals surface area contributed by atoms with Crippen molar-refractivity contribution in [3.8, 4) is 6.07 Å². The summed E-state index contributed by atoms with van der Waals surface area (Å²) in [6, 6.07) is 2.91. The minimum absolute atomic E-state index is 0.148. The van der Waals surface area contributed by atoms with Crippen LogP contribution >= 0.6 is 0 Å². The second-order valence-corrected chi connectivity index (χ2v) is 7.17. The van der Waals surface area contributed by atoms with Gasteiger partial charge in [0.1, 0.15) is 11.6 Å². The molecule has 0 aliphatic rings. The maximum absolute atomic E-state index is 12.3. The molecule has 0 fully saturated rings. The molecule has 0 aliphatic heterocycles. The lowest BCUT2D eigenvalue weighted by atomic mass is 10.1. The zero-order valence-electron chi connectivity index (χ0n) is 18.0. The minimum atomic E-state index is -1.23. The van der Waals surface area contributed by atoms with E-state index in [1.54, 1.807) is 13.8 Å². The Hall–Kier alpha value is -3.08. The zero-order valence-corrected chi connectivity index (χ0v) is 18.0. The lowest BCUT2D eigenvalue weighted by Gasteiger charge is -2.14. The van der Waals surface area contributed by atoms with Gasteiger partial charge in [-0.05, 0) is 58.7 Å². The van der Waals surface area contributed by atoms with Gasteiger partial charge in [-0.1, -0.05) is 13.3 Å². The Bertz CT molecular complexity index is 830. The number of amides is 3. The molecule has 0 aromatic carbocycles. The molecule has 0 unspecified atom stereocenters. The smallest absolute Gasteiger partial charge is 0.349 e. The Balaban J connectivity index is 2.88. The molecule has 0 aliphatic carbocycles. The van der Waals surface area contributed by atoms with Crippen LogP contribution in [0.2, 0.25) is 0 Å². The number of imide groups is 1. The molecule has 1 aromatic heterocycles. The molecule has 1 heterocycles. The molecule has 8 nitrogen and oxygen atoms in total. The van der Waals surface area contributed by atoms with Crippen molar-refractivity contribution in [1.29, 1.82) is 5.26 Å². The van der Waals surface area contributed by atoms with Gasteiger partial charge in [-0.15, -0.1) is 0 Å². The third kappa shape index (κ3) is 7.11. The number of rotatable bonds is 8. The van der Waals surface area contributed by atoms with Crippen LogP contribution in [0.15, 0.2) is 11.6 Å². The van der Waals surface area contributed by atoms with Crippen molar-refractivity contribution in [3.05, 3.63) is 28.6 Å². The summed E-state index contributed by atoms with van der Waals surface area (Å²) in [5, 5.41) is 14.0. The first kappa shape index (κ1) is 24.0. The van der Waals surface area contributed by atoms with Gasteiger partial charge in [0.2, 0.25) is 0 Å². The first-order valence-electron chi connectivity index (χ1n) is 9.71. The molecule has 1 aromatic rings. The van der Waals surface area contributed by atoms with E-state index in [0.717, 1.165) is 36.3 Å². The van der Waals surface area contributed by atoms with Crippen LogP contribution in [0.5, 0.6) is 0 Å². The quantitative estimate of drug-likeness (QED) is 0.394.